The summed E-state index contributed by atoms with van der Waals surface area (Å²) in [6, 6.07) is 6.74. The highest BCUT2D eigenvalue weighted by atomic mass is 16.3. The molecule has 3 heteroatoms. The van der Waals surface area contributed by atoms with Gasteiger partial charge in [0.15, 0.2) is 0 Å². The Balaban J connectivity index is 2.97. The predicted octanol–water partition coefficient (Wildman–Crippen LogP) is 1.54. The molecular weight excluding hydrogens is 166 g/mol. The van der Waals surface area contributed by atoms with E-state index in [0.717, 1.165) is 0 Å². The van der Waals surface area contributed by atoms with Crippen LogP contribution in [0.1, 0.15) is 5.56 Å². The first-order chi connectivity index (χ1) is 6.18. The first-order valence-corrected chi connectivity index (χ1v) is 4.00. The maximum atomic E-state index is 11.2. The highest BCUT2D eigenvalue weighted by Crippen LogP contribution is 2.21. The number of hydrogen-bond acceptors (Lipinski definition) is 2. The molecule has 0 spiro atoms. The third kappa shape index (κ3) is 1.18. The minimum absolute atomic E-state index is 0.113. The van der Waals surface area contributed by atoms with E-state index in [4.69, 9.17) is 0 Å². The van der Waals surface area contributed by atoms with Crippen molar-refractivity contribution in [1.82, 2.24) is 4.98 Å². The van der Waals surface area contributed by atoms with Gasteiger partial charge < -0.3 is 10.1 Å². The molecular formula is C10H9NO2. The smallest absolute Gasteiger partial charge is 0.251 e. The van der Waals surface area contributed by atoms with Gasteiger partial charge in [-0.3, -0.25) is 4.79 Å². The van der Waals surface area contributed by atoms with Crippen molar-refractivity contribution >= 4 is 10.9 Å². The molecule has 2 rings (SSSR count). The van der Waals surface area contributed by atoms with Gasteiger partial charge in [0.2, 0.25) is 0 Å². The van der Waals surface area contributed by atoms with E-state index < -0.39 is 0 Å². The number of phenolic OH excluding ortho intramolecular Hbond substituents is 1. The molecule has 0 aliphatic heterocycles. The van der Waals surface area contributed by atoms with Crippen LogP contribution >= 0.6 is 0 Å². The SMILES string of the molecule is Cc1cc2c(O)cccc2[nH]c1=O. The van der Waals surface area contributed by atoms with Gasteiger partial charge >= 0.3 is 0 Å². The third-order valence-corrected chi connectivity index (χ3v) is 2.05. The lowest BCUT2D eigenvalue weighted by atomic mass is 10.1. The van der Waals surface area contributed by atoms with Crippen molar-refractivity contribution in [2.24, 2.45) is 0 Å². The summed E-state index contributed by atoms with van der Waals surface area (Å²) in [6.45, 7) is 1.71. The Kier molecular flexibility index (Phi) is 1.59. The summed E-state index contributed by atoms with van der Waals surface area (Å²) < 4.78 is 0. The highest BCUT2D eigenvalue weighted by molar-refractivity contribution is 5.84. The van der Waals surface area contributed by atoms with Gasteiger partial charge in [0.05, 0.1) is 5.52 Å². The lowest BCUT2D eigenvalue weighted by Gasteiger charge is -2.00. The number of benzene rings is 1. The average Bonchev–Trinajstić information content (AvgIpc) is 2.09. The molecule has 0 saturated heterocycles. The van der Waals surface area contributed by atoms with Gasteiger partial charge in [-0.15, -0.1) is 0 Å². The van der Waals surface area contributed by atoms with Gasteiger partial charge in [-0.2, -0.15) is 0 Å². The van der Waals surface area contributed by atoms with Gasteiger partial charge in [-0.1, -0.05) is 6.07 Å². The summed E-state index contributed by atoms with van der Waals surface area (Å²) >= 11 is 0. The van der Waals surface area contributed by atoms with Crippen LogP contribution in [0.3, 0.4) is 0 Å². The summed E-state index contributed by atoms with van der Waals surface area (Å²) in [4.78, 5) is 13.9. The zero-order chi connectivity index (χ0) is 9.42. The second-order valence-electron chi connectivity index (χ2n) is 3.02. The average molecular weight is 175 g/mol. The molecule has 0 atom stereocenters. The fraction of sp³-hybridized carbons (Fsp3) is 0.100. The van der Waals surface area contributed by atoms with E-state index in [9.17, 15) is 9.90 Å². The summed E-state index contributed by atoms with van der Waals surface area (Å²) in [7, 11) is 0. The molecule has 0 aliphatic rings. The number of fused-ring (bicyclic) bond motifs is 1. The fourth-order valence-electron chi connectivity index (χ4n) is 1.32. The molecule has 1 heterocycles. The van der Waals surface area contributed by atoms with Crippen molar-refractivity contribution in [1.29, 1.82) is 0 Å². The monoisotopic (exact) mass is 175 g/mol. The molecule has 0 aliphatic carbocycles. The van der Waals surface area contributed by atoms with E-state index in [0.29, 0.717) is 16.5 Å². The van der Waals surface area contributed by atoms with E-state index in [1.807, 2.05) is 0 Å². The number of nitrogens with one attached hydrogen (secondary N) is 1. The van der Waals surface area contributed by atoms with Gasteiger partial charge in [-0.25, -0.2) is 0 Å². The van der Waals surface area contributed by atoms with Crippen LogP contribution in [0.4, 0.5) is 0 Å². The van der Waals surface area contributed by atoms with E-state index >= 15 is 0 Å². The molecule has 2 N–H and O–H groups in total. The number of hydrogen-bond donors (Lipinski definition) is 2. The Morgan fingerprint density at radius 3 is 2.92 bits per heavy atom. The van der Waals surface area contributed by atoms with Gasteiger partial charge in [0.1, 0.15) is 5.75 Å². The zero-order valence-electron chi connectivity index (χ0n) is 7.16. The van der Waals surface area contributed by atoms with Crippen molar-refractivity contribution in [3.63, 3.8) is 0 Å². The predicted molar refractivity (Wildman–Crippen MR) is 51.0 cm³/mol. The largest absolute Gasteiger partial charge is 0.507 e. The number of aromatic nitrogens is 1. The first kappa shape index (κ1) is 7.86. The van der Waals surface area contributed by atoms with Crippen LogP contribution in [0.5, 0.6) is 5.75 Å². The quantitative estimate of drug-likeness (QED) is 0.638. The van der Waals surface area contributed by atoms with E-state index in [-0.39, 0.29) is 11.3 Å². The van der Waals surface area contributed by atoms with Gasteiger partial charge in [0.25, 0.3) is 5.56 Å². The number of aromatic hydroxyl groups is 1. The zero-order valence-corrected chi connectivity index (χ0v) is 7.16. The summed E-state index contributed by atoms with van der Waals surface area (Å²) in [6.07, 6.45) is 0. The maximum absolute atomic E-state index is 11.2. The van der Waals surface area contributed by atoms with Crippen LogP contribution < -0.4 is 5.56 Å². The highest BCUT2D eigenvalue weighted by Gasteiger charge is 2.01. The standard InChI is InChI=1S/C10H9NO2/c1-6-5-7-8(11-10(6)13)3-2-4-9(7)12/h2-5,12H,1H3,(H,11,13). The molecule has 13 heavy (non-hydrogen) atoms. The van der Waals surface area contributed by atoms with Crippen LogP contribution in [-0.2, 0) is 0 Å². The molecule has 1 aromatic heterocycles. The molecule has 66 valence electrons. The molecule has 0 amide bonds. The van der Waals surface area contributed by atoms with Gasteiger partial charge in [0, 0.05) is 10.9 Å². The number of phenols is 1. The van der Waals surface area contributed by atoms with Crippen molar-refractivity contribution in [2.45, 2.75) is 6.92 Å². The molecule has 0 radical (unpaired) electrons. The number of aryl methyl sites for hydroxylation is 1. The Morgan fingerprint density at radius 1 is 1.38 bits per heavy atom. The Morgan fingerprint density at radius 2 is 2.15 bits per heavy atom. The first-order valence-electron chi connectivity index (χ1n) is 4.00. The van der Waals surface area contributed by atoms with Crippen molar-refractivity contribution in [2.75, 3.05) is 0 Å². The number of H-pyrrole nitrogens is 1. The lowest BCUT2D eigenvalue weighted by Crippen LogP contribution is -2.08. The van der Waals surface area contributed by atoms with E-state index in [1.165, 1.54) is 0 Å². The van der Waals surface area contributed by atoms with Crippen molar-refractivity contribution in [3.05, 3.63) is 40.2 Å². The summed E-state index contributed by atoms with van der Waals surface area (Å²) in [5.41, 5.74) is 1.16. The second-order valence-corrected chi connectivity index (χ2v) is 3.02. The second kappa shape index (κ2) is 2.62. The van der Waals surface area contributed by atoms with E-state index in [1.54, 1.807) is 31.2 Å². The molecule has 1 aromatic carbocycles. The lowest BCUT2D eigenvalue weighted by molar-refractivity contribution is 0.481. The van der Waals surface area contributed by atoms with Crippen LogP contribution in [0.15, 0.2) is 29.1 Å². The topological polar surface area (TPSA) is 53.1 Å². The summed E-state index contributed by atoms with van der Waals surface area (Å²) in [5.74, 6) is 0.192. The Bertz CT molecular complexity index is 514. The maximum Gasteiger partial charge on any atom is 0.251 e. The molecule has 3 nitrogen and oxygen atoms in total. The fourth-order valence-corrected chi connectivity index (χ4v) is 1.32. The molecule has 2 aromatic rings. The number of aromatic amines is 1. The number of pyridine rings is 1. The third-order valence-electron chi connectivity index (χ3n) is 2.05. The molecule has 0 unspecified atom stereocenters. The van der Waals surface area contributed by atoms with Crippen LogP contribution in [0.2, 0.25) is 0 Å². The molecule has 0 bridgehead atoms. The molecule has 0 saturated carbocycles. The van der Waals surface area contributed by atoms with Crippen LogP contribution in [0, 0.1) is 6.92 Å². The minimum Gasteiger partial charge on any atom is -0.507 e. The molecule has 0 fully saturated rings. The van der Waals surface area contributed by atoms with Crippen molar-refractivity contribution < 1.29 is 5.11 Å². The number of rotatable bonds is 0. The Labute approximate surface area is 74.7 Å². The van der Waals surface area contributed by atoms with Gasteiger partial charge in [-0.05, 0) is 25.1 Å². The van der Waals surface area contributed by atoms with Crippen LogP contribution in [-0.4, -0.2) is 10.1 Å². The summed E-state index contributed by atoms with van der Waals surface area (Å²) in [5, 5.41) is 10.1. The van der Waals surface area contributed by atoms with E-state index in [2.05, 4.69) is 4.98 Å². The normalized spacial score (nSPS) is 10.5. The van der Waals surface area contributed by atoms with Crippen molar-refractivity contribution in [3.8, 4) is 5.75 Å². The Hall–Kier alpha value is -1.77. The van der Waals surface area contributed by atoms with Crippen LogP contribution in [0.25, 0.3) is 10.9 Å². The minimum atomic E-state index is -0.113.